The summed E-state index contributed by atoms with van der Waals surface area (Å²) in [4.78, 5) is 23.8. The molecule has 0 aliphatic carbocycles. The molecule has 9 heteroatoms. The maximum atomic E-state index is 12.7. The van der Waals surface area contributed by atoms with Crippen molar-refractivity contribution < 1.29 is 19.1 Å². The number of rotatable bonds is 10. The molecule has 2 aromatic carbocycles. The summed E-state index contributed by atoms with van der Waals surface area (Å²) in [5, 5.41) is 16.5. The first-order valence-corrected chi connectivity index (χ1v) is 9.73. The quantitative estimate of drug-likeness (QED) is 0.223. The SMILES string of the molecule is COc1cc(C(=O)NCc2ccc(C(=N)N)cc2NCCNC(C)=O)cc(OC)c1C. The first-order valence-electron chi connectivity index (χ1n) is 9.73. The van der Waals surface area contributed by atoms with Crippen molar-refractivity contribution in [1.82, 2.24) is 10.6 Å². The standard InChI is InChI=1S/C22H29N5O4/c1-13-19(30-3)10-17(11-20(13)31-4)22(29)27-12-16-6-5-15(21(23)24)9-18(16)26-8-7-25-14(2)28/h5-6,9-11,26H,7-8,12H2,1-4H3,(H3,23,24)(H,25,28)(H,27,29). The van der Waals surface area contributed by atoms with Gasteiger partial charge >= 0.3 is 0 Å². The maximum absolute atomic E-state index is 12.7. The number of nitrogens with two attached hydrogens (primary N) is 1. The van der Waals surface area contributed by atoms with Gasteiger partial charge in [-0.15, -0.1) is 0 Å². The molecule has 0 aromatic heterocycles. The predicted molar refractivity (Wildman–Crippen MR) is 120 cm³/mol. The van der Waals surface area contributed by atoms with Crippen molar-refractivity contribution in [3.63, 3.8) is 0 Å². The van der Waals surface area contributed by atoms with E-state index in [2.05, 4.69) is 16.0 Å². The normalized spacial score (nSPS) is 10.2. The Balaban J connectivity index is 2.17. The molecule has 0 heterocycles. The molecule has 166 valence electrons. The highest BCUT2D eigenvalue weighted by molar-refractivity contribution is 5.96. The molecular formula is C22H29N5O4. The minimum absolute atomic E-state index is 0.0562. The summed E-state index contributed by atoms with van der Waals surface area (Å²) < 4.78 is 10.7. The highest BCUT2D eigenvalue weighted by Crippen LogP contribution is 2.29. The highest BCUT2D eigenvalue weighted by atomic mass is 16.5. The number of hydrogen-bond donors (Lipinski definition) is 5. The van der Waals surface area contributed by atoms with E-state index in [-0.39, 0.29) is 24.2 Å². The lowest BCUT2D eigenvalue weighted by Gasteiger charge is -2.16. The Morgan fingerprint density at radius 2 is 1.65 bits per heavy atom. The van der Waals surface area contributed by atoms with Gasteiger partial charge in [-0.05, 0) is 30.7 Å². The fourth-order valence-electron chi connectivity index (χ4n) is 2.99. The Hall–Kier alpha value is -3.75. The Labute approximate surface area is 181 Å². The molecule has 0 unspecified atom stereocenters. The van der Waals surface area contributed by atoms with E-state index in [1.165, 1.54) is 6.92 Å². The van der Waals surface area contributed by atoms with Crippen molar-refractivity contribution in [2.24, 2.45) is 5.73 Å². The summed E-state index contributed by atoms with van der Waals surface area (Å²) in [6, 6.07) is 8.60. The van der Waals surface area contributed by atoms with Crippen LogP contribution in [0, 0.1) is 12.3 Å². The summed E-state index contributed by atoms with van der Waals surface area (Å²) >= 11 is 0. The molecule has 0 saturated carbocycles. The van der Waals surface area contributed by atoms with Crippen molar-refractivity contribution in [3.8, 4) is 11.5 Å². The topological polar surface area (TPSA) is 139 Å². The smallest absolute Gasteiger partial charge is 0.251 e. The zero-order valence-corrected chi connectivity index (χ0v) is 18.2. The lowest BCUT2D eigenvalue weighted by Crippen LogP contribution is -2.27. The molecule has 31 heavy (non-hydrogen) atoms. The first-order chi connectivity index (χ1) is 14.8. The van der Waals surface area contributed by atoms with Crippen LogP contribution in [0.1, 0.15) is 34.0 Å². The van der Waals surface area contributed by atoms with Crippen LogP contribution >= 0.6 is 0 Å². The Morgan fingerprint density at radius 3 is 2.19 bits per heavy atom. The average Bonchev–Trinajstić information content (AvgIpc) is 2.75. The number of hydrogen-bond acceptors (Lipinski definition) is 6. The van der Waals surface area contributed by atoms with Crippen LogP contribution in [0.3, 0.4) is 0 Å². The van der Waals surface area contributed by atoms with Crippen LogP contribution in [0.4, 0.5) is 5.69 Å². The van der Waals surface area contributed by atoms with Gasteiger partial charge in [0.05, 0.1) is 14.2 Å². The van der Waals surface area contributed by atoms with Gasteiger partial charge in [-0.3, -0.25) is 15.0 Å². The third-order valence-electron chi connectivity index (χ3n) is 4.69. The minimum Gasteiger partial charge on any atom is -0.496 e. The summed E-state index contributed by atoms with van der Waals surface area (Å²) in [6.07, 6.45) is 0. The van der Waals surface area contributed by atoms with E-state index in [0.29, 0.717) is 35.7 Å². The second kappa shape index (κ2) is 10.9. The number of nitrogen functional groups attached to an aromatic ring is 1. The van der Waals surface area contributed by atoms with Gasteiger partial charge in [0.25, 0.3) is 5.91 Å². The van der Waals surface area contributed by atoms with E-state index in [1.54, 1.807) is 44.6 Å². The Kier molecular flexibility index (Phi) is 8.25. The molecule has 0 saturated heterocycles. The molecule has 0 aliphatic rings. The largest absolute Gasteiger partial charge is 0.496 e. The lowest BCUT2D eigenvalue weighted by molar-refractivity contribution is -0.118. The van der Waals surface area contributed by atoms with Crippen LogP contribution in [0.2, 0.25) is 0 Å². The second-order valence-corrected chi connectivity index (χ2v) is 6.88. The van der Waals surface area contributed by atoms with Gasteiger partial charge in [0.15, 0.2) is 0 Å². The molecule has 0 radical (unpaired) electrons. The van der Waals surface area contributed by atoms with E-state index in [4.69, 9.17) is 20.6 Å². The summed E-state index contributed by atoms with van der Waals surface area (Å²) in [5.41, 5.74) is 8.92. The van der Waals surface area contributed by atoms with Gasteiger partial charge in [-0.1, -0.05) is 12.1 Å². The monoisotopic (exact) mass is 427 g/mol. The van der Waals surface area contributed by atoms with Gasteiger partial charge in [-0.2, -0.15) is 0 Å². The zero-order chi connectivity index (χ0) is 23.0. The van der Waals surface area contributed by atoms with Gasteiger partial charge in [-0.25, -0.2) is 0 Å². The fraction of sp³-hybridized carbons (Fsp3) is 0.318. The first kappa shape index (κ1) is 23.5. The number of nitrogens with one attached hydrogen (secondary N) is 4. The van der Waals surface area contributed by atoms with Gasteiger partial charge in [0.2, 0.25) is 5.91 Å². The van der Waals surface area contributed by atoms with Crippen molar-refractivity contribution in [2.45, 2.75) is 20.4 Å². The van der Waals surface area contributed by atoms with E-state index >= 15 is 0 Å². The van der Waals surface area contributed by atoms with Crippen molar-refractivity contribution in [3.05, 3.63) is 52.6 Å². The third kappa shape index (κ3) is 6.36. The van der Waals surface area contributed by atoms with Crippen LogP contribution in [-0.4, -0.2) is 45.0 Å². The molecule has 9 nitrogen and oxygen atoms in total. The summed E-state index contributed by atoms with van der Waals surface area (Å²) in [5.74, 6) is 0.679. The number of ether oxygens (including phenoxy) is 2. The van der Waals surface area contributed by atoms with E-state index in [1.807, 2.05) is 6.92 Å². The second-order valence-electron chi connectivity index (χ2n) is 6.88. The molecule has 2 aromatic rings. The molecule has 2 amide bonds. The molecule has 0 bridgehead atoms. The third-order valence-corrected chi connectivity index (χ3v) is 4.69. The number of amidine groups is 1. The van der Waals surface area contributed by atoms with Crippen LogP contribution in [0.25, 0.3) is 0 Å². The van der Waals surface area contributed by atoms with E-state index in [9.17, 15) is 9.59 Å². The molecule has 0 fully saturated rings. The van der Waals surface area contributed by atoms with Crippen LogP contribution in [0.5, 0.6) is 11.5 Å². The maximum Gasteiger partial charge on any atom is 0.251 e. The molecule has 2 rings (SSSR count). The van der Waals surface area contributed by atoms with Crippen molar-refractivity contribution in [1.29, 1.82) is 5.41 Å². The lowest BCUT2D eigenvalue weighted by atomic mass is 10.1. The van der Waals surface area contributed by atoms with Gasteiger partial charge in [0, 0.05) is 48.9 Å². The van der Waals surface area contributed by atoms with Crippen molar-refractivity contribution >= 4 is 23.3 Å². The highest BCUT2D eigenvalue weighted by Gasteiger charge is 2.14. The number of amides is 2. The summed E-state index contributed by atoms with van der Waals surface area (Å²) in [7, 11) is 3.08. The van der Waals surface area contributed by atoms with Gasteiger partial charge in [0.1, 0.15) is 17.3 Å². The van der Waals surface area contributed by atoms with Crippen LogP contribution in [0.15, 0.2) is 30.3 Å². The number of anilines is 1. The predicted octanol–water partition coefficient (Wildman–Crippen LogP) is 1.77. The number of benzene rings is 2. The van der Waals surface area contributed by atoms with Crippen LogP contribution < -0.4 is 31.2 Å². The molecule has 6 N–H and O–H groups in total. The molecular weight excluding hydrogens is 398 g/mol. The number of methoxy groups -OCH3 is 2. The number of carbonyl (C=O) groups excluding carboxylic acids is 2. The summed E-state index contributed by atoms with van der Waals surface area (Å²) in [6.45, 7) is 4.47. The fourth-order valence-corrected chi connectivity index (χ4v) is 2.99. The minimum atomic E-state index is -0.281. The molecule has 0 atom stereocenters. The van der Waals surface area contributed by atoms with E-state index < -0.39 is 0 Å². The van der Waals surface area contributed by atoms with Gasteiger partial charge < -0.3 is 31.2 Å². The Bertz CT molecular complexity index is 949. The van der Waals surface area contributed by atoms with E-state index in [0.717, 1.165) is 16.8 Å². The number of carbonyl (C=O) groups is 2. The molecule has 0 aliphatic heterocycles. The average molecular weight is 428 g/mol. The van der Waals surface area contributed by atoms with Crippen molar-refractivity contribution in [2.75, 3.05) is 32.6 Å². The molecule has 0 spiro atoms. The Morgan fingerprint density at radius 1 is 1.00 bits per heavy atom. The zero-order valence-electron chi connectivity index (χ0n) is 18.2. The van der Waals surface area contributed by atoms with Crippen LogP contribution in [-0.2, 0) is 11.3 Å².